The smallest absolute Gasteiger partial charge is 0.323 e. The molecular formula is C17H28O8. The predicted octanol–water partition coefficient (Wildman–Crippen LogP) is 1.79. The van der Waals surface area contributed by atoms with E-state index in [0.717, 1.165) is 0 Å². The molecule has 0 aromatic rings. The summed E-state index contributed by atoms with van der Waals surface area (Å²) in [7, 11) is 0. The lowest BCUT2D eigenvalue weighted by Crippen LogP contribution is -2.43. The van der Waals surface area contributed by atoms with E-state index in [1.807, 2.05) is 0 Å². The molecule has 144 valence electrons. The molecule has 8 nitrogen and oxygen atoms in total. The summed E-state index contributed by atoms with van der Waals surface area (Å²) in [6.07, 6.45) is -0.672. The molecule has 0 atom stereocenters. The zero-order valence-corrected chi connectivity index (χ0v) is 15.4. The fourth-order valence-corrected chi connectivity index (χ4v) is 2.25. The average Bonchev–Trinajstić information content (AvgIpc) is 2.56. The lowest BCUT2D eigenvalue weighted by Gasteiger charge is -2.28. The number of carbonyl (C=O) groups is 4. The monoisotopic (exact) mass is 360 g/mol. The summed E-state index contributed by atoms with van der Waals surface area (Å²) in [5, 5.41) is 0. The zero-order valence-electron chi connectivity index (χ0n) is 15.4. The zero-order chi connectivity index (χ0) is 19.3. The van der Waals surface area contributed by atoms with Gasteiger partial charge in [-0.15, -0.1) is 0 Å². The van der Waals surface area contributed by atoms with Crippen LogP contribution >= 0.6 is 0 Å². The van der Waals surface area contributed by atoms with Crippen LogP contribution in [-0.4, -0.2) is 50.3 Å². The van der Waals surface area contributed by atoms with Gasteiger partial charge in [0.25, 0.3) is 0 Å². The maximum atomic E-state index is 12.5. The highest BCUT2D eigenvalue weighted by Crippen LogP contribution is 2.34. The second-order valence-corrected chi connectivity index (χ2v) is 5.13. The first-order chi connectivity index (χ1) is 11.9. The van der Waals surface area contributed by atoms with Crippen LogP contribution in [-0.2, 0) is 38.1 Å². The molecule has 0 aliphatic heterocycles. The van der Waals surface area contributed by atoms with E-state index < -0.39 is 29.3 Å². The van der Waals surface area contributed by atoms with Gasteiger partial charge < -0.3 is 18.9 Å². The van der Waals surface area contributed by atoms with Gasteiger partial charge in [0.2, 0.25) is 0 Å². The summed E-state index contributed by atoms with van der Waals surface area (Å²) in [6.45, 7) is 7.00. The molecule has 0 N–H and O–H groups in total. The van der Waals surface area contributed by atoms with E-state index in [9.17, 15) is 19.2 Å². The number of carbonyl (C=O) groups excluding carboxylic acids is 4. The molecule has 25 heavy (non-hydrogen) atoms. The van der Waals surface area contributed by atoms with Gasteiger partial charge in [0.1, 0.15) is 0 Å². The molecule has 0 saturated heterocycles. The van der Waals surface area contributed by atoms with Gasteiger partial charge in [-0.05, 0) is 40.5 Å². The Kier molecular flexibility index (Phi) is 11.2. The molecule has 0 heterocycles. The normalized spacial score (nSPS) is 10.7. The Morgan fingerprint density at radius 3 is 1.20 bits per heavy atom. The third kappa shape index (κ3) is 7.53. The highest BCUT2D eigenvalue weighted by atomic mass is 16.6. The van der Waals surface area contributed by atoms with Crippen LogP contribution in [0.2, 0.25) is 0 Å². The van der Waals surface area contributed by atoms with Crippen molar-refractivity contribution >= 4 is 23.9 Å². The topological polar surface area (TPSA) is 105 Å². The van der Waals surface area contributed by atoms with Crippen LogP contribution in [0.5, 0.6) is 0 Å². The molecular weight excluding hydrogens is 332 g/mol. The number of hydrogen-bond acceptors (Lipinski definition) is 8. The van der Waals surface area contributed by atoms with E-state index in [1.165, 1.54) is 0 Å². The first kappa shape index (κ1) is 22.9. The van der Waals surface area contributed by atoms with E-state index >= 15 is 0 Å². The third-order valence-electron chi connectivity index (χ3n) is 3.45. The van der Waals surface area contributed by atoms with Gasteiger partial charge in [-0.3, -0.25) is 19.2 Å². The lowest BCUT2D eigenvalue weighted by atomic mass is 9.78. The molecule has 0 fully saturated rings. The fourth-order valence-electron chi connectivity index (χ4n) is 2.25. The minimum atomic E-state index is -1.74. The first-order valence-electron chi connectivity index (χ1n) is 8.53. The van der Waals surface area contributed by atoms with Crippen molar-refractivity contribution in [1.29, 1.82) is 0 Å². The Bertz CT molecular complexity index is 416. The van der Waals surface area contributed by atoms with Crippen molar-refractivity contribution < 1.29 is 38.1 Å². The van der Waals surface area contributed by atoms with Gasteiger partial charge in [0.05, 0.1) is 26.4 Å². The highest BCUT2D eigenvalue weighted by Gasteiger charge is 2.49. The van der Waals surface area contributed by atoms with Crippen molar-refractivity contribution in [3.05, 3.63) is 0 Å². The van der Waals surface area contributed by atoms with Crippen molar-refractivity contribution in [3.8, 4) is 0 Å². The van der Waals surface area contributed by atoms with E-state index in [1.54, 1.807) is 27.7 Å². The van der Waals surface area contributed by atoms with Crippen molar-refractivity contribution in [2.45, 2.75) is 53.4 Å². The van der Waals surface area contributed by atoms with Crippen LogP contribution in [0.3, 0.4) is 0 Å². The van der Waals surface area contributed by atoms with Gasteiger partial charge in [-0.2, -0.15) is 0 Å². The second kappa shape index (κ2) is 12.3. The van der Waals surface area contributed by atoms with Crippen LogP contribution in [0, 0.1) is 5.41 Å². The van der Waals surface area contributed by atoms with Crippen LogP contribution in [0.15, 0.2) is 0 Å². The molecule has 0 spiro atoms. The van der Waals surface area contributed by atoms with E-state index in [0.29, 0.717) is 0 Å². The maximum absolute atomic E-state index is 12.5. The molecule has 0 bridgehead atoms. The minimum absolute atomic E-state index is 0.0544. The van der Waals surface area contributed by atoms with Gasteiger partial charge >= 0.3 is 23.9 Å². The van der Waals surface area contributed by atoms with E-state index in [2.05, 4.69) is 0 Å². The van der Waals surface area contributed by atoms with Crippen molar-refractivity contribution in [2.24, 2.45) is 5.41 Å². The van der Waals surface area contributed by atoms with E-state index in [-0.39, 0.29) is 52.1 Å². The average molecular weight is 360 g/mol. The summed E-state index contributed by atoms with van der Waals surface area (Å²) >= 11 is 0. The minimum Gasteiger partial charge on any atom is -0.466 e. The summed E-state index contributed by atoms with van der Waals surface area (Å²) in [5.41, 5.74) is -1.74. The molecule has 0 aromatic heterocycles. The van der Waals surface area contributed by atoms with Crippen LogP contribution < -0.4 is 0 Å². The Balaban J connectivity index is 5.46. The highest BCUT2D eigenvalue weighted by molar-refractivity contribution is 6.00. The van der Waals surface area contributed by atoms with Gasteiger partial charge in [-0.1, -0.05) is 0 Å². The van der Waals surface area contributed by atoms with Crippen LogP contribution in [0.25, 0.3) is 0 Å². The number of hydrogen-bond donors (Lipinski definition) is 0. The SMILES string of the molecule is CCOC(=O)CCC(CCC(=O)OCC)(C(=O)OCC)C(=O)OCC. The Morgan fingerprint density at radius 2 is 0.920 bits per heavy atom. The molecule has 0 rings (SSSR count). The van der Waals surface area contributed by atoms with Gasteiger partial charge in [0, 0.05) is 12.8 Å². The van der Waals surface area contributed by atoms with Crippen molar-refractivity contribution in [1.82, 2.24) is 0 Å². The fraction of sp³-hybridized carbons (Fsp3) is 0.765. The Morgan fingerprint density at radius 1 is 0.600 bits per heavy atom. The molecule has 0 aliphatic rings. The number of esters is 4. The molecule has 0 radical (unpaired) electrons. The van der Waals surface area contributed by atoms with Gasteiger partial charge in [-0.25, -0.2) is 0 Å². The number of rotatable bonds is 12. The molecule has 0 aromatic carbocycles. The van der Waals surface area contributed by atoms with Crippen LogP contribution in [0.1, 0.15) is 53.4 Å². The molecule has 0 amide bonds. The Hall–Kier alpha value is -2.12. The third-order valence-corrected chi connectivity index (χ3v) is 3.45. The van der Waals surface area contributed by atoms with Gasteiger partial charge in [0.15, 0.2) is 5.41 Å². The van der Waals surface area contributed by atoms with Crippen LogP contribution in [0.4, 0.5) is 0 Å². The van der Waals surface area contributed by atoms with Crippen molar-refractivity contribution in [3.63, 3.8) is 0 Å². The van der Waals surface area contributed by atoms with Crippen molar-refractivity contribution in [2.75, 3.05) is 26.4 Å². The second-order valence-electron chi connectivity index (χ2n) is 5.13. The lowest BCUT2D eigenvalue weighted by molar-refractivity contribution is -0.174. The predicted molar refractivity (Wildman–Crippen MR) is 87.4 cm³/mol. The molecule has 0 aliphatic carbocycles. The summed E-state index contributed by atoms with van der Waals surface area (Å²) in [5.74, 6) is -2.72. The molecule has 0 saturated carbocycles. The number of ether oxygens (including phenoxy) is 4. The quantitative estimate of drug-likeness (QED) is 0.295. The Labute approximate surface area is 148 Å². The maximum Gasteiger partial charge on any atom is 0.323 e. The standard InChI is InChI=1S/C17H28O8/c1-5-22-13(18)9-11-17(15(20)24-7-3,16(21)25-8-4)12-10-14(19)23-6-2/h5-12H2,1-4H3. The van der Waals surface area contributed by atoms with E-state index in [4.69, 9.17) is 18.9 Å². The molecule has 8 heteroatoms. The summed E-state index contributed by atoms with van der Waals surface area (Å²) in [6, 6.07) is 0. The first-order valence-corrected chi connectivity index (χ1v) is 8.53. The summed E-state index contributed by atoms with van der Waals surface area (Å²) < 4.78 is 19.7. The largest absolute Gasteiger partial charge is 0.466 e. The summed E-state index contributed by atoms with van der Waals surface area (Å²) in [4.78, 5) is 48.3. The molecule has 0 unspecified atom stereocenters.